The van der Waals surface area contributed by atoms with Crippen LogP contribution in [0.1, 0.15) is 36.5 Å². The lowest BCUT2D eigenvalue weighted by Crippen LogP contribution is -2.09. The van der Waals surface area contributed by atoms with Gasteiger partial charge in [-0.05, 0) is 30.2 Å². The highest BCUT2D eigenvalue weighted by atomic mass is 35.5. The molecule has 3 rings (SSSR count). The summed E-state index contributed by atoms with van der Waals surface area (Å²) in [5, 5.41) is 0.559. The number of nitrogens with zero attached hydrogens (tertiary/aromatic N) is 3. The van der Waals surface area contributed by atoms with E-state index in [0.717, 1.165) is 41.4 Å². The highest BCUT2D eigenvalue weighted by Gasteiger charge is 2.25. The van der Waals surface area contributed by atoms with Crippen LogP contribution in [0.15, 0.2) is 48.9 Å². The van der Waals surface area contributed by atoms with E-state index in [1.807, 2.05) is 25.1 Å². The van der Waals surface area contributed by atoms with Crippen molar-refractivity contribution in [1.82, 2.24) is 15.0 Å². The summed E-state index contributed by atoms with van der Waals surface area (Å²) >= 11 is 6.13. The van der Waals surface area contributed by atoms with Crippen LogP contribution in [0.4, 0.5) is 8.78 Å². The zero-order chi connectivity index (χ0) is 18.7. The van der Waals surface area contributed by atoms with E-state index in [9.17, 15) is 8.78 Å². The van der Waals surface area contributed by atoms with E-state index in [1.54, 1.807) is 18.5 Å². The Morgan fingerprint density at radius 3 is 2.46 bits per heavy atom. The molecule has 0 fully saturated rings. The Labute approximate surface area is 156 Å². The molecule has 0 unspecified atom stereocenters. The Morgan fingerprint density at radius 2 is 1.81 bits per heavy atom. The van der Waals surface area contributed by atoms with Gasteiger partial charge >= 0.3 is 0 Å². The van der Waals surface area contributed by atoms with Crippen LogP contribution >= 0.6 is 11.6 Å². The topological polar surface area (TPSA) is 38.7 Å². The van der Waals surface area contributed by atoms with E-state index in [4.69, 9.17) is 11.6 Å². The second-order valence-corrected chi connectivity index (χ2v) is 6.55. The van der Waals surface area contributed by atoms with Crippen molar-refractivity contribution in [3.05, 3.63) is 76.6 Å². The maximum absolute atomic E-state index is 13.3. The van der Waals surface area contributed by atoms with Crippen LogP contribution in [0.3, 0.4) is 0 Å². The summed E-state index contributed by atoms with van der Waals surface area (Å²) in [5.74, 6) is -2.95. The van der Waals surface area contributed by atoms with Gasteiger partial charge in [0.25, 0.3) is 5.92 Å². The van der Waals surface area contributed by atoms with Gasteiger partial charge in [0.05, 0.1) is 10.7 Å². The minimum atomic E-state index is -2.95. The Bertz CT molecular complexity index is 906. The van der Waals surface area contributed by atoms with Crippen molar-refractivity contribution < 1.29 is 8.78 Å². The van der Waals surface area contributed by atoms with Crippen LogP contribution in [0, 0.1) is 0 Å². The summed E-state index contributed by atoms with van der Waals surface area (Å²) in [6.45, 7) is 2.87. The summed E-state index contributed by atoms with van der Waals surface area (Å²) in [6, 6.07) is 8.73. The normalized spacial score (nSPS) is 11.6. The Morgan fingerprint density at radius 1 is 1.00 bits per heavy atom. The van der Waals surface area contributed by atoms with Crippen molar-refractivity contribution in [3.8, 4) is 11.1 Å². The number of rotatable bonds is 5. The number of hydrogen-bond donors (Lipinski definition) is 0. The molecule has 3 heterocycles. The Hall–Kier alpha value is -2.40. The lowest BCUT2D eigenvalue weighted by atomic mass is 9.98. The molecule has 0 N–H and O–H groups in total. The molecule has 0 aliphatic heterocycles. The Kier molecular flexibility index (Phi) is 5.28. The van der Waals surface area contributed by atoms with E-state index in [1.165, 1.54) is 12.3 Å². The van der Waals surface area contributed by atoms with Gasteiger partial charge in [-0.1, -0.05) is 30.7 Å². The molecule has 134 valence electrons. The van der Waals surface area contributed by atoms with E-state index in [2.05, 4.69) is 15.0 Å². The minimum absolute atomic E-state index is 0.241. The molecule has 0 spiro atoms. The molecule has 26 heavy (non-hydrogen) atoms. The number of pyridine rings is 3. The first-order valence-corrected chi connectivity index (χ1v) is 8.68. The summed E-state index contributed by atoms with van der Waals surface area (Å²) in [5.41, 5.74) is 4.20. The van der Waals surface area contributed by atoms with Crippen LogP contribution in [-0.4, -0.2) is 15.0 Å². The van der Waals surface area contributed by atoms with Crippen LogP contribution in [0.25, 0.3) is 11.1 Å². The van der Waals surface area contributed by atoms with E-state index < -0.39 is 5.92 Å². The quantitative estimate of drug-likeness (QED) is 0.596. The van der Waals surface area contributed by atoms with Gasteiger partial charge in [0.15, 0.2) is 0 Å². The summed E-state index contributed by atoms with van der Waals surface area (Å²) in [7, 11) is 0. The number of hydrogen-bond acceptors (Lipinski definition) is 3. The molecule has 0 amide bonds. The standard InChI is InChI=1S/C20H18ClF2N3/c1-3-17-16(10-14(21)12-25-17)15-5-4-8-24-18(15)9-13-6-7-19(26-11-13)20(2,22)23/h4-8,10-12H,3,9H2,1-2H3. The molecule has 0 aliphatic rings. The van der Waals surface area contributed by atoms with Gasteiger partial charge in [0.2, 0.25) is 0 Å². The van der Waals surface area contributed by atoms with Crippen molar-refractivity contribution in [2.24, 2.45) is 0 Å². The van der Waals surface area contributed by atoms with Gasteiger partial charge < -0.3 is 0 Å². The van der Waals surface area contributed by atoms with Gasteiger partial charge in [-0.25, -0.2) is 0 Å². The first kappa shape index (κ1) is 18.4. The molecule has 0 bridgehead atoms. The van der Waals surface area contributed by atoms with Crippen molar-refractivity contribution in [1.29, 1.82) is 0 Å². The third kappa shape index (κ3) is 4.05. The summed E-state index contributed by atoms with van der Waals surface area (Å²) in [6.07, 6.45) is 6.07. The maximum atomic E-state index is 13.3. The van der Waals surface area contributed by atoms with E-state index in [0.29, 0.717) is 11.4 Å². The van der Waals surface area contributed by atoms with Crippen LogP contribution < -0.4 is 0 Å². The molecule has 3 aromatic heterocycles. The van der Waals surface area contributed by atoms with Gasteiger partial charge in [0.1, 0.15) is 5.69 Å². The molecular formula is C20H18ClF2N3. The lowest BCUT2D eigenvalue weighted by molar-refractivity contribution is 0.0127. The number of halogens is 3. The van der Waals surface area contributed by atoms with Gasteiger partial charge in [-0.15, -0.1) is 0 Å². The first-order valence-electron chi connectivity index (χ1n) is 8.30. The fourth-order valence-corrected chi connectivity index (χ4v) is 2.95. The molecule has 0 saturated heterocycles. The molecule has 6 heteroatoms. The number of aryl methyl sites for hydroxylation is 1. The van der Waals surface area contributed by atoms with E-state index in [-0.39, 0.29) is 5.69 Å². The zero-order valence-corrected chi connectivity index (χ0v) is 15.3. The summed E-state index contributed by atoms with van der Waals surface area (Å²) < 4.78 is 26.7. The van der Waals surface area contributed by atoms with Crippen molar-refractivity contribution in [3.63, 3.8) is 0 Å². The molecule has 0 saturated carbocycles. The third-order valence-electron chi connectivity index (χ3n) is 4.10. The average molecular weight is 374 g/mol. The summed E-state index contributed by atoms with van der Waals surface area (Å²) in [4.78, 5) is 12.8. The Balaban J connectivity index is 1.97. The van der Waals surface area contributed by atoms with Gasteiger partial charge in [-0.2, -0.15) is 8.78 Å². The number of alkyl halides is 2. The molecular weight excluding hydrogens is 356 g/mol. The van der Waals surface area contributed by atoms with Crippen molar-refractivity contribution in [2.45, 2.75) is 32.6 Å². The first-order chi connectivity index (χ1) is 12.4. The second kappa shape index (κ2) is 7.46. The fourth-order valence-electron chi connectivity index (χ4n) is 2.79. The maximum Gasteiger partial charge on any atom is 0.286 e. The monoisotopic (exact) mass is 373 g/mol. The van der Waals surface area contributed by atoms with E-state index >= 15 is 0 Å². The average Bonchev–Trinajstić information content (AvgIpc) is 2.62. The zero-order valence-electron chi connectivity index (χ0n) is 14.5. The number of aromatic nitrogens is 3. The highest BCUT2D eigenvalue weighted by Crippen LogP contribution is 2.30. The van der Waals surface area contributed by atoms with Gasteiger partial charge in [0, 0.05) is 48.8 Å². The molecule has 0 atom stereocenters. The van der Waals surface area contributed by atoms with Crippen LogP contribution in [0.2, 0.25) is 5.02 Å². The second-order valence-electron chi connectivity index (χ2n) is 6.12. The SMILES string of the molecule is CCc1ncc(Cl)cc1-c1cccnc1Cc1ccc(C(C)(F)F)nc1. The molecule has 0 aromatic carbocycles. The molecule has 0 aliphatic carbocycles. The van der Waals surface area contributed by atoms with Crippen LogP contribution in [0.5, 0.6) is 0 Å². The lowest BCUT2D eigenvalue weighted by Gasteiger charge is -2.13. The smallest absolute Gasteiger partial charge is 0.260 e. The van der Waals surface area contributed by atoms with Crippen LogP contribution in [-0.2, 0) is 18.8 Å². The minimum Gasteiger partial charge on any atom is -0.260 e. The van der Waals surface area contributed by atoms with Crippen molar-refractivity contribution >= 4 is 11.6 Å². The predicted molar refractivity (Wildman–Crippen MR) is 98.5 cm³/mol. The molecule has 3 aromatic rings. The van der Waals surface area contributed by atoms with Crippen molar-refractivity contribution in [2.75, 3.05) is 0 Å². The largest absolute Gasteiger partial charge is 0.286 e. The predicted octanol–water partition coefficient (Wildman–Crippen LogP) is 5.46. The molecule has 0 radical (unpaired) electrons. The molecule has 3 nitrogen and oxygen atoms in total. The van der Waals surface area contributed by atoms with Gasteiger partial charge in [-0.3, -0.25) is 15.0 Å². The third-order valence-corrected chi connectivity index (χ3v) is 4.30. The highest BCUT2D eigenvalue weighted by molar-refractivity contribution is 6.30. The fraction of sp³-hybridized carbons (Fsp3) is 0.250.